The van der Waals surface area contributed by atoms with Crippen molar-refractivity contribution < 1.29 is 9.21 Å². The number of furan rings is 1. The molecule has 0 aliphatic carbocycles. The molecule has 0 bridgehead atoms. The summed E-state index contributed by atoms with van der Waals surface area (Å²) < 4.78 is 5.11. The predicted molar refractivity (Wildman–Crippen MR) is 55.7 cm³/mol. The van der Waals surface area contributed by atoms with Crippen molar-refractivity contribution in [2.45, 2.75) is 19.9 Å². The summed E-state index contributed by atoms with van der Waals surface area (Å²) >= 11 is 5.67. The van der Waals surface area contributed by atoms with Crippen molar-refractivity contribution in [3.05, 3.63) is 23.7 Å². The highest BCUT2D eigenvalue weighted by atomic mass is 35.5. The van der Waals surface area contributed by atoms with Crippen LogP contribution in [-0.2, 0) is 0 Å². The van der Waals surface area contributed by atoms with Gasteiger partial charge in [0.05, 0.1) is 6.26 Å². The minimum absolute atomic E-state index is 0.00802. The van der Waals surface area contributed by atoms with Gasteiger partial charge in [0.15, 0.2) is 5.76 Å². The Bertz CT molecular complexity index is 322. The average Bonchev–Trinajstić information content (AvgIpc) is 2.61. The molecular formula is C10H14ClNO2. The zero-order valence-electron chi connectivity index (χ0n) is 8.58. The van der Waals surface area contributed by atoms with Gasteiger partial charge in [-0.3, -0.25) is 4.79 Å². The van der Waals surface area contributed by atoms with Gasteiger partial charge < -0.3 is 9.32 Å². The number of rotatable bonds is 3. The lowest BCUT2D eigenvalue weighted by Gasteiger charge is -2.22. The Balaban J connectivity index is 2.81. The minimum Gasteiger partial charge on any atom is -0.459 e. The van der Waals surface area contributed by atoms with Gasteiger partial charge in [0.1, 0.15) is 0 Å². The van der Waals surface area contributed by atoms with Crippen molar-refractivity contribution in [3.63, 3.8) is 0 Å². The van der Waals surface area contributed by atoms with Crippen molar-refractivity contribution in [2.24, 2.45) is 0 Å². The lowest BCUT2D eigenvalue weighted by molar-refractivity contribution is 0.0723. The fourth-order valence-corrected chi connectivity index (χ4v) is 1.26. The molecule has 0 radical (unpaired) electrons. The maximum atomic E-state index is 11.8. The molecule has 0 aliphatic rings. The number of aryl methyl sites for hydroxylation is 1. The normalized spacial score (nSPS) is 12.6. The van der Waals surface area contributed by atoms with Gasteiger partial charge in [-0.05, 0) is 19.9 Å². The fraction of sp³-hybridized carbons (Fsp3) is 0.500. The first-order valence-electron chi connectivity index (χ1n) is 4.45. The van der Waals surface area contributed by atoms with E-state index in [1.807, 2.05) is 13.8 Å². The lowest BCUT2D eigenvalue weighted by Crippen LogP contribution is -2.36. The van der Waals surface area contributed by atoms with Crippen LogP contribution >= 0.6 is 11.6 Å². The van der Waals surface area contributed by atoms with E-state index in [4.69, 9.17) is 16.0 Å². The number of hydrogen-bond acceptors (Lipinski definition) is 2. The number of nitrogens with zero attached hydrogens (tertiary/aromatic N) is 1. The zero-order valence-corrected chi connectivity index (χ0v) is 9.34. The van der Waals surface area contributed by atoms with Gasteiger partial charge in [-0.15, -0.1) is 11.6 Å². The van der Waals surface area contributed by atoms with Gasteiger partial charge in [-0.1, -0.05) is 0 Å². The minimum atomic E-state index is -0.124. The van der Waals surface area contributed by atoms with Crippen molar-refractivity contribution in [1.82, 2.24) is 4.90 Å². The molecule has 1 aromatic rings. The summed E-state index contributed by atoms with van der Waals surface area (Å²) in [5.74, 6) is 0.687. The molecule has 1 rings (SSSR count). The molecule has 0 aliphatic heterocycles. The van der Waals surface area contributed by atoms with Crippen molar-refractivity contribution >= 4 is 17.5 Å². The predicted octanol–water partition coefficient (Wildman–Crippen LogP) is 2.29. The molecule has 4 heteroatoms. The summed E-state index contributed by atoms with van der Waals surface area (Å²) in [6, 6.07) is 1.78. The molecule has 0 spiro atoms. The van der Waals surface area contributed by atoms with Gasteiger partial charge in [-0.25, -0.2) is 0 Å². The number of carbonyl (C=O) groups is 1. The number of carbonyl (C=O) groups excluding carboxylic acids is 1. The van der Waals surface area contributed by atoms with Crippen LogP contribution in [0, 0.1) is 6.92 Å². The van der Waals surface area contributed by atoms with Gasteiger partial charge in [0.25, 0.3) is 5.91 Å². The molecule has 1 heterocycles. The summed E-state index contributed by atoms with van der Waals surface area (Å²) in [4.78, 5) is 13.4. The van der Waals surface area contributed by atoms with Crippen LogP contribution in [0.15, 0.2) is 16.7 Å². The number of alkyl halides is 1. The van der Waals surface area contributed by atoms with E-state index in [0.29, 0.717) is 11.6 Å². The Hall–Kier alpha value is -0.960. The zero-order chi connectivity index (χ0) is 10.7. The fourth-order valence-electron chi connectivity index (χ4n) is 1.06. The van der Waals surface area contributed by atoms with Crippen LogP contribution in [0.2, 0.25) is 0 Å². The summed E-state index contributed by atoms with van der Waals surface area (Å²) in [5.41, 5.74) is 0.851. The van der Waals surface area contributed by atoms with Crippen LogP contribution in [0.5, 0.6) is 0 Å². The van der Waals surface area contributed by atoms with Crippen LogP contribution in [0.25, 0.3) is 0 Å². The van der Waals surface area contributed by atoms with Crippen LogP contribution in [-0.4, -0.2) is 29.8 Å². The number of amides is 1. The SMILES string of the molecule is Cc1ccoc1C(=O)N(C)C(C)CCl. The first kappa shape index (κ1) is 11.1. The Labute approximate surface area is 88.6 Å². The van der Waals surface area contributed by atoms with Crippen molar-refractivity contribution in [2.75, 3.05) is 12.9 Å². The highest BCUT2D eigenvalue weighted by Gasteiger charge is 2.20. The van der Waals surface area contributed by atoms with Gasteiger partial charge >= 0.3 is 0 Å². The van der Waals surface area contributed by atoms with Crippen LogP contribution in [0.4, 0.5) is 0 Å². The Morgan fingerprint density at radius 1 is 1.71 bits per heavy atom. The molecule has 3 nitrogen and oxygen atoms in total. The largest absolute Gasteiger partial charge is 0.459 e. The van der Waals surface area contributed by atoms with E-state index < -0.39 is 0 Å². The third-order valence-electron chi connectivity index (χ3n) is 2.26. The van der Waals surface area contributed by atoms with Gasteiger partial charge in [-0.2, -0.15) is 0 Å². The topological polar surface area (TPSA) is 33.5 Å². The summed E-state index contributed by atoms with van der Waals surface area (Å²) in [6.07, 6.45) is 1.52. The molecule has 1 amide bonds. The van der Waals surface area contributed by atoms with Gasteiger partial charge in [0.2, 0.25) is 0 Å². The van der Waals surface area contributed by atoms with E-state index in [2.05, 4.69) is 0 Å². The molecule has 1 atom stereocenters. The van der Waals surface area contributed by atoms with E-state index >= 15 is 0 Å². The second-order valence-electron chi connectivity index (χ2n) is 3.35. The first-order chi connectivity index (χ1) is 6.57. The van der Waals surface area contributed by atoms with E-state index in [-0.39, 0.29) is 11.9 Å². The molecule has 14 heavy (non-hydrogen) atoms. The second-order valence-corrected chi connectivity index (χ2v) is 3.66. The Morgan fingerprint density at radius 2 is 2.36 bits per heavy atom. The first-order valence-corrected chi connectivity index (χ1v) is 4.98. The highest BCUT2D eigenvalue weighted by molar-refractivity contribution is 6.18. The highest BCUT2D eigenvalue weighted by Crippen LogP contribution is 2.13. The third-order valence-corrected chi connectivity index (χ3v) is 2.71. The molecule has 0 fully saturated rings. The van der Waals surface area contributed by atoms with Gasteiger partial charge in [0, 0.05) is 24.5 Å². The average molecular weight is 216 g/mol. The molecular weight excluding hydrogens is 202 g/mol. The van der Waals surface area contributed by atoms with Crippen LogP contribution in [0.3, 0.4) is 0 Å². The smallest absolute Gasteiger partial charge is 0.289 e. The lowest BCUT2D eigenvalue weighted by atomic mass is 10.2. The Morgan fingerprint density at radius 3 is 2.79 bits per heavy atom. The Kier molecular flexibility index (Phi) is 3.58. The molecule has 78 valence electrons. The van der Waals surface area contributed by atoms with E-state index in [9.17, 15) is 4.79 Å². The molecule has 0 saturated heterocycles. The molecule has 1 aromatic heterocycles. The number of hydrogen-bond donors (Lipinski definition) is 0. The van der Waals surface area contributed by atoms with Crippen LogP contribution in [0.1, 0.15) is 23.0 Å². The monoisotopic (exact) mass is 215 g/mol. The molecule has 0 N–H and O–H groups in total. The number of halogens is 1. The third kappa shape index (κ3) is 2.10. The second kappa shape index (κ2) is 4.51. The molecule has 1 unspecified atom stereocenters. The molecule has 0 saturated carbocycles. The summed E-state index contributed by atoms with van der Waals surface area (Å²) in [7, 11) is 1.72. The van der Waals surface area contributed by atoms with E-state index in [0.717, 1.165) is 5.56 Å². The van der Waals surface area contributed by atoms with Crippen molar-refractivity contribution in [3.8, 4) is 0 Å². The summed E-state index contributed by atoms with van der Waals surface area (Å²) in [6.45, 7) is 3.74. The molecule has 0 aromatic carbocycles. The van der Waals surface area contributed by atoms with E-state index in [1.165, 1.54) is 6.26 Å². The quantitative estimate of drug-likeness (QED) is 0.725. The van der Waals surface area contributed by atoms with E-state index in [1.54, 1.807) is 18.0 Å². The van der Waals surface area contributed by atoms with Crippen LogP contribution < -0.4 is 0 Å². The summed E-state index contributed by atoms with van der Waals surface area (Å²) in [5, 5.41) is 0. The standard InChI is InChI=1S/C10H14ClNO2/c1-7-4-5-14-9(7)10(13)12(3)8(2)6-11/h4-5,8H,6H2,1-3H3. The maximum Gasteiger partial charge on any atom is 0.289 e. The van der Waals surface area contributed by atoms with Crippen molar-refractivity contribution in [1.29, 1.82) is 0 Å². The maximum absolute atomic E-state index is 11.8.